The minimum atomic E-state index is -5.34. The van der Waals surface area contributed by atoms with Crippen molar-refractivity contribution in [3.8, 4) is 22.8 Å². The van der Waals surface area contributed by atoms with Crippen molar-refractivity contribution in [1.82, 2.24) is 15.3 Å². The van der Waals surface area contributed by atoms with Crippen molar-refractivity contribution in [2.45, 2.75) is 24.1 Å². The third-order valence-electron chi connectivity index (χ3n) is 7.20. The molecule has 0 saturated heterocycles. The molecule has 0 aliphatic carbocycles. The minimum absolute atomic E-state index is 0.0243. The number of methoxy groups -OCH3 is 1. The molecule has 13 heteroatoms. The highest BCUT2D eigenvalue weighted by Gasteiger charge is 2.57. The molecule has 2 aromatic heterocycles. The number of pyridine rings is 1. The molecule has 1 aliphatic rings. The number of carbonyl (C=O) groups excluding carboxylic acids is 2. The van der Waals surface area contributed by atoms with Gasteiger partial charge in [-0.25, -0.2) is 9.37 Å². The number of aliphatic hydroxyl groups is 1. The first kappa shape index (κ1) is 27.9. The summed E-state index contributed by atoms with van der Waals surface area (Å²) in [5, 5.41) is 13.8. The second kappa shape index (κ2) is 9.77. The lowest BCUT2D eigenvalue weighted by molar-refractivity contribution is -0.265. The molecule has 5 N–H and O–H groups in total. The van der Waals surface area contributed by atoms with Crippen LogP contribution in [0.3, 0.4) is 0 Å². The van der Waals surface area contributed by atoms with Gasteiger partial charge < -0.3 is 30.6 Å². The maximum Gasteiger partial charge on any atom is 0.424 e. The van der Waals surface area contributed by atoms with Crippen LogP contribution < -0.4 is 20.5 Å². The summed E-state index contributed by atoms with van der Waals surface area (Å²) < 4.78 is 68.0. The van der Waals surface area contributed by atoms with Gasteiger partial charge in [-0.05, 0) is 61.5 Å². The Morgan fingerprint density at radius 2 is 1.88 bits per heavy atom. The van der Waals surface area contributed by atoms with E-state index in [9.17, 15) is 32.3 Å². The second-order valence-corrected chi connectivity index (χ2v) is 9.90. The topological polar surface area (TPSA) is 140 Å². The molecule has 0 unspecified atom stereocenters. The number of alkyl halides is 3. The van der Waals surface area contributed by atoms with Crippen LogP contribution in [0.2, 0.25) is 0 Å². The van der Waals surface area contributed by atoms with Crippen LogP contribution in [-0.4, -0.2) is 53.3 Å². The van der Waals surface area contributed by atoms with Gasteiger partial charge in [0, 0.05) is 22.0 Å². The number of benzene rings is 2. The zero-order chi connectivity index (χ0) is 29.7. The average molecular weight is 573 g/mol. The molecular weight excluding hydrogens is 548 g/mol. The Morgan fingerprint density at radius 1 is 1.17 bits per heavy atom. The fraction of sp³-hybridized carbons (Fsp3) is 0.250. The van der Waals surface area contributed by atoms with Gasteiger partial charge in [-0.3, -0.25) is 9.59 Å². The van der Waals surface area contributed by atoms with Crippen LogP contribution in [0.4, 0.5) is 17.6 Å². The standard InChI is InChI=1S/C28H24F4N4O5/c1-26(25(33)38)13-41-23-18(26)11-21(36-22(23)14-3-5-16(29)6-4-14)27(39,28(30,31)32)12-34-24(37)20-10-15-9-17(40-2)7-8-19(15)35-20/h3-11,35,39H,12-13H2,1-2H3,(H2,33,38)(H,34,37)/t26-,27-/m0/s1. The normalized spacial score (nSPS) is 17.9. The largest absolute Gasteiger partial charge is 0.497 e. The highest BCUT2D eigenvalue weighted by molar-refractivity contribution is 5.98. The Bertz CT molecular complexity index is 1670. The van der Waals surface area contributed by atoms with Crippen LogP contribution in [-0.2, 0) is 15.8 Å². The van der Waals surface area contributed by atoms with E-state index in [0.29, 0.717) is 16.7 Å². The van der Waals surface area contributed by atoms with Gasteiger partial charge in [-0.2, -0.15) is 13.2 Å². The molecule has 0 fully saturated rings. The predicted molar refractivity (Wildman–Crippen MR) is 139 cm³/mol. The van der Waals surface area contributed by atoms with E-state index >= 15 is 0 Å². The first-order valence-corrected chi connectivity index (χ1v) is 12.3. The van der Waals surface area contributed by atoms with E-state index in [2.05, 4.69) is 15.3 Å². The number of fused-ring (bicyclic) bond motifs is 2. The van der Waals surface area contributed by atoms with Gasteiger partial charge in [0.25, 0.3) is 5.91 Å². The van der Waals surface area contributed by atoms with Gasteiger partial charge >= 0.3 is 6.18 Å². The van der Waals surface area contributed by atoms with E-state index in [1.807, 2.05) is 0 Å². The summed E-state index contributed by atoms with van der Waals surface area (Å²) in [4.78, 5) is 32.1. The van der Waals surface area contributed by atoms with Gasteiger partial charge in [-0.1, -0.05) is 0 Å². The number of carbonyl (C=O) groups is 2. The molecule has 3 heterocycles. The molecule has 2 aromatic carbocycles. The molecule has 1 aliphatic heterocycles. The number of hydrogen-bond acceptors (Lipinski definition) is 6. The number of H-pyrrole nitrogens is 1. The molecule has 4 aromatic rings. The van der Waals surface area contributed by atoms with Crippen molar-refractivity contribution in [3.63, 3.8) is 0 Å². The van der Waals surface area contributed by atoms with Crippen molar-refractivity contribution >= 4 is 22.7 Å². The van der Waals surface area contributed by atoms with Gasteiger partial charge in [0.2, 0.25) is 11.5 Å². The van der Waals surface area contributed by atoms with E-state index < -0.39 is 47.1 Å². The molecule has 0 bridgehead atoms. The Balaban J connectivity index is 1.57. The van der Waals surface area contributed by atoms with E-state index in [1.54, 1.807) is 18.2 Å². The Hall–Kier alpha value is -4.65. The van der Waals surface area contributed by atoms with Crippen LogP contribution >= 0.6 is 0 Å². The van der Waals surface area contributed by atoms with E-state index in [4.69, 9.17) is 15.2 Å². The molecule has 2 atom stereocenters. The van der Waals surface area contributed by atoms with E-state index in [1.165, 1.54) is 32.2 Å². The Morgan fingerprint density at radius 3 is 2.51 bits per heavy atom. The van der Waals surface area contributed by atoms with Crippen molar-refractivity contribution < 1.29 is 41.7 Å². The number of nitrogens with one attached hydrogen (secondary N) is 2. The number of nitrogens with two attached hydrogens (primary N) is 1. The van der Waals surface area contributed by atoms with Crippen molar-refractivity contribution in [3.05, 3.63) is 77.4 Å². The van der Waals surface area contributed by atoms with Crippen LogP contribution in [0.1, 0.15) is 28.7 Å². The summed E-state index contributed by atoms with van der Waals surface area (Å²) >= 11 is 0. The fourth-order valence-electron chi connectivity index (χ4n) is 4.60. The summed E-state index contributed by atoms with van der Waals surface area (Å²) in [5.41, 5.74) is -0.149. The summed E-state index contributed by atoms with van der Waals surface area (Å²) in [6.07, 6.45) is -5.34. The Kier molecular flexibility index (Phi) is 6.65. The number of ether oxygens (including phenoxy) is 2. The third kappa shape index (κ3) is 4.71. The number of primary amides is 1. The fourth-order valence-corrected chi connectivity index (χ4v) is 4.60. The molecule has 41 heavy (non-hydrogen) atoms. The highest BCUT2D eigenvalue weighted by atomic mass is 19.4. The zero-order valence-corrected chi connectivity index (χ0v) is 21.7. The number of rotatable bonds is 7. The van der Waals surface area contributed by atoms with Crippen molar-refractivity contribution in [1.29, 1.82) is 0 Å². The molecule has 214 valence electrons. The third-order valence-corrected chi connectivity index (χ3v) is 7.20. The number of halogens is 4. The van der Waals surface area contributed by atoms with Gasteiger partial charge in [0.1, 0.15) is 40.7 Å². The molecule has 0 radical (unpaired) electrons. The molecule has 9 nitrogen and oxygen atoms in total. The lowest BCUT2D eigenvalue weighted by Gasteiger charge is -2.31. The number of aromatic nitrogens is 2. The van der Waals surface area contributed by atoms with Crippen molar-refractivity contribution in [2.24, 2.45) is 5.73 Å². The first-order chi connectivity index (χ1) is 19.3. The maximum absolute atomic E-state index is 14.5. The van der Waals surface area contributed by atoms with Crippen LogP contribution in [0, 0.1) is 5.82 Å². The van der Waals surface area contributed by atoms with Crippen LogP contribution in [0.15, 0.2) is 54.6 Å². The van der Waals surface area contributed by atoms with Crippen LogP contribution in [0.25, 0.3) is 22.2 Å². The minimum Gasteiger partial charge on any atom is -0.497 e. The Labute approximate surface area is 230 Å². The predicted octanol–water partition coefficient (Wildman–Crippen LogP) is 3.69. The number of aromatic amines is 1. The first-order valence-electron chi connectivity index (χ1n) is 12.3. The quantitative estimate of drug-likeness (QED) is 0.249. The number of hydrogen-bond donors (Lipinski definition) is 4. The van der Waals surface area contributed by atoms with E-state index in [0.717, 1.165) is 18.2 Å². The summed E-state index contributed by atoms with van der Waals surface area (Å²) in [6.45, 7) is -0.223. The average Bonchev–Trinajstić information content (AvgIpc) is 3.52. The molecule has 5 rings (SSSR count). The molecule has 0 spiro atoms. The summed E-state index contributed by atoms with van der Waals surface area (Å²) in [6, 6.07) is 11.9. The molecular formula is C28H24F4N4O5. The van der Waals surface area contributed by atoms with Crippen molar-refractivity contribution in [2.75, 3.05) is 20.3 Å². The van der Waals surface area contributed by atoms with E-state index in [-0.39, 0.29) is 34.9 Å². The maximum atomic E-state index is 14.5. The summed E-state index contributed by atoms with van der Waals surface area (Å²) in [5.74, 6) is -1.91. The second-order valence-electron chi connectivity index (χ2n) is 9.90. The smallest absolute Gasteiger partial charge is 0.424 e. The lowest BCUT2D eigenvalue weighted by Crippen LogP contribution is -2.52. The highest BCUT2D eigenvalue weighted by Crippen LogP contribution is 2.47. The van der Waals surface area contributed by atoms with Gasteiger partial charge in [0.05, 0.1) is 19.3 Å². The van der Waals surface area contributed by atoms with Crippen LogP contribution in [0.5, 0.6) is 11.5 Å². The molecule has 0 saturated carbocycles. The lowest BCUT2D eigenvalue weighted by atomic mass is 9.81. The summed E-state index contributed by atoms with van der Waals surface area (Å²) in [7, 11) is 1.46. The van der Waals surface area contributed by atoms with Gasteiger partial charge in [-0.15, -0.1) is 0 Å². The van der Waals surface area contributed by atoms with Gasteiger partial charge in [0.15, 0.2) is 0 Å². The monoisotopic (exact) mass is 572 g/mol. The molecule has 2 amide bonds. The number of amides is 2. The number of nitrogens with zero attached hydrogens (tertiary/aromatic N) is 1. The SMILES string of the molecule is COc1ccc2[nH]c(C(=O)NC[C@](O)(c3cc4c(c(-c5ccc(F)cc5)n3)OC[C@]4(C)C(N)=O)C(F)(F)F)cc2c1. The zero-order valence-electron chi connectivity index (χ0n) is 21.7.